The highest BCUT2D eigenvalue weighted by atomic mass is 32.1. The lowest BCUT2D eigenvalue weighted by Gasteiger charge is -2.08. The van der Waals surface area contributed by atoms with Gasteiger partial charge in [-0.25, -0.2) is 0 Å². The molecule has 18 heavy (non-hydrogen) atoms. The molecular formula is C12H12N4OS. The maximum Gasteiger partial charge on any atom is 0.0862 e. The quantitative estimate of drug-likeness (QED) is 0.778. The minimum Gasteiger partial charge on any atom is -0.388 e. The van der Waals surface area contributed by atoms with Crippen molar-refractivity contribution in [1.29, 1.82) is 0 Å². The first-order valence-corrected chi connectivity index (χ1v) is 6.47. The van der Waals surface area contributed by atoms with Crippen molar-refractivity contribution in [2.75, 3.05) is 0 Å². The van der Waals surface area contributed by atoms with Gasteiger partial charge in [0.2, 0.25) is 0 Å². The summed E-state index contributed by atoms with van der Waals surface area (Å²) >= 11 is 1.62. The molecule has 0 fully saturated rings. The molecule has 0 aliphatic rings. The average molecular weight is 260 g/mol. The number of pyridine rings is 1. The topological polar surface area (TPSA) is 63.8 Å². The predicted molar refractivity (Wildman–Crippen MR) is 69.3 cm³/mol. The van der Waals surface area contributed by atoms with Crippen molar-refractivity contribution in [3.05, 3.63) is 41.2 Å². The number of thiophene rings is 1. The van der Waals surface area contributed by atoms with Crippen molar-refractivity contribution in [1.82, 2.24) is 20.0 Å². The number of hydrogen-bond acceptors (Lipinski definition) is 5. The molecule has 0 aromatic carbocycles. The lowest BCUT2D eigenvalue weighted by molar-refractivity contribution is 0.177. The Morgan fingerprint density at radius 1 is 1.50 bits per heavy atom. The zero-order chi connectivity index (χ0) is 12.5. The molecule has 0 bridgehead atoms. The molecule has 1 atom stereocenters. The molecule has 5 nitrogen and oxygen atoms in total. The van der Waals surface area contributed by atoms with Crippen LogP contribution in [0.4, 0.5) is 0 Å². The van der Waals surface area contributed by atoms with Crippen molar-refractivity contribution in [3.8, 4) is 0 Å². The van der Waals surface area contributed by atoms with Crippen LogP contribution in [0, 0.1) is 0 Å². The molecule has 3 rings (SSSR count). The fourth-order valence-corrected chi connectivity index (χ4v) is 2.64. The Bertz CT molecular complexity index is 675. The van der Waals surface area contributed by atoms with Gasteiger partial charge in [-0.2, -0.15) is 0 Å². The Hall–Kier alpha value is -1.79. The zero-order valence-corrected chi connectivity index (χ0v) is 10.6. The van der Waals surface area contributed by atoms with Crippen molar-refractivity contribution in [2.24, 2.45) is 7.05 Å². The zero-order valence-electron chi connectivity index (χ0n) is 9.82. The van der Waals surface area contributed by atoms with E-state index in [9.17, 15) is 5.11 Å². The normalized spacial score (nSPS) is 13.0. The van der Waals surface area contributed by atoms with Crippen molar-refractivity contribution in [2.45, 2.75) is 12.5 Å². The van der Waals surface area contributed by atoms with E-state index in [1.165, 1.54) is 0 Å². The number of aryl methyl sites for hydroxylation is 1. The molecule has 6 heteroatoms. The summed E-state index contributed by atoms with van der Waals surface area (Å²) in [6, 6.07) is 3.95. The molecule has 0 spiro atoms. The van der Waals surface area contributed by atoms with Crippen LogP contribution in [-0.4, -0.2) is 25.1 Å². The molecule has 0 amide bonds. The van der Waals surface area contributed by atoms with E-state index in [-0.39, 0.29) is 0 Å². The molecule has 1 N–H and O–H groups in total. The maximum absolute atomic E-state index is 10.2. The van der Waals surface area contributed by atoms with Crippen LogP contribution in [-0.2, 0) is 13.5 Å². The number of fused-ring (bicyclic) bond motifs is 1. The summed E-state index contributed by atoms with van der Waals surface area (Å²) in [4.78, 5) is 4.32. The lowest BCUT2D eigenvalue weighted by atomic mass is 10.1. The number of rotatable bonds is 3. The van der Waals surface area contributed by atoms with Crippen molar-refractivity contribution >= 4 is 21.6 Å². The van der Waals surface area contributed by atoms with Crippen LogP contribution in [0.25, 0.3) is 10.2 Å². The van der Waals surface area contributed by atoms with Gasteiger partial charge in [-0.05, 0) is 17.5 Å². The second-order valence-electron chi connectivity index (χ2n) is 4.18. The molecule has 0 saturated carbocycles. The van der Waals surface area contributed by atoms with Crippen LogP contribution in [0.5, 0.6) is 0 Å². The number of aliphatic hydroxyl groups excluding tert-OH is 1. The number of nitrogens with zero attached hydrogens (tertiary/aromatic N) is 4. The van der Waals surface area contributed by atoms with E-state index in [4.69, 9.17) is 0 Å². The predicted octanol–water partition coefficient (Wildman–Crippen LogP) is 1.70. The fraction of sp³-hybridized carbons (Fsp3) is 0.250. The van der Waals surface area contributed by atoms with Gasteiger partial charge in [-0.15, -0.1) is 16.4 Å². The molecule has 0 aliphatic heterocycles. The fourth-order valence-electron chi connectivity index (χ4n) is 1.85. The lowest BCUT2D eigenvalue weighted by Crippen LogP contribution is -2.02. The van der Waals surface area contributed by atoms with Gasteiger partial charge in [0.1, 0.15) is 0 Å². The molecule has 3 aromatic heterocycles. The summed E-state index contributed by atoms with van der Waals surface area (Å²) in [7, 11) is 1.81. The highest BCUT2D eigenvalue weighted by Gasteiger charge is 2.12. The van der Waals surface area contributed by atoms with Gasteiger partial charge in [-0.3, -0.25) is 9.67 Å². The van der Waals surface area contributed by atoms with Crippen LogP contribution in [0.3, 0.4) is 0 Å². The Morgan fingerprint density at radius 2 is 2.39 bits per heavy atom. The summed E-state index contributed by atoms with van der Waals surface area (Å²) in [5, 5.41) is 20.0. The number of hydrogen-bond donors (Lipinski definition) is 1. The third-order valence-corrected chi connectivity index (χ3v) is 3.61. The van der Waals surface area contributed by atoms with E-state index in [0.717, 1.165) is 21.5 Å². The highest BCUT2D eigenvalue weighted by molar-refractivity contribution is 7.17. The second kappa shape index (κ2) is 4.47. The van der Waals surface area contributed by atoms with Gasteiger partial charge in [0.05, 0.1) is 22.0 Å². The van der Waals surface area contributed by atoms with E-state index in [2.05, 4.69) is 15.3 Å². The van der Waals surface area contributed by atoms with Crippen LogP contribution in [0.1, 0.15) is 17.4 Å². The van der Waals surface area contributed by atoms with Crippen LogP contribution >= 0.6 is 11.3 Å². The summed E-state index contributed by atoms with van der Waals surface area (Å²) in [5.41, 5.74) is 2.56. The molecule has 0 saturated heterocycles. The van der Waals surface area contributed by atoms with Gasteiger partial charge >= 0.3 is 0 Å². The third kappa shape index (κ3) is 2.12. The summed E-state index contributed by atoms with van der Waals surface area (Å²) < 4.78 is 2.72. The summed E-state index contributed by atoms with van der Waals surface area (Å²) in [5.74, 6) is 0. The third-order valence-electron chi connectivity index (χ3n) is 2.76. The van der Waals surface area contributed by atoms with E-state index >= 15 is 0 Å². The first kappa shape index (κ1) is 11.3. The molecule has 0 radical (unpaired) electrons. The number of aliphatic hydroxyl groups is 1. The minimum absolute atomic E-state index is 0.451. The van der Waals surface area contributed by atoms with Gasteiger partial charge in [0, 0.05) is 31.4 Å². The van der Waals surface area contributed by atoms with E-state index in [1.54, 1.807) is 28.4 Å². The molecule has 1 unspecified atom stereocenters. The highest BCUT2D eigenvalue weighted by Crippen LogP contribution is 2.24. The first-order chi connectivity index (χ1) is 8.72. The van der Waals surface area contributed by atoms with Gasteiger partial charge < -0.3 is 5.11 Å². The smallest absolute Gasteiger partial charge is 0.0862 e. The SMILES string of the molecule is Cn1cc(CC(O)c2cnc3ccsc3c2)nn1. The number of aromatic nitrogens is 4. The standard InChI is InChI=1S/C12H12N4OS/c1-16-7-9(14-15-16)5-11(17)8-4-12-10(13-6-8)2-3-18-12/h2-4,6-7,11,17H,5H2,1H3. The maximum atomic E-state index is 10.2. The molecule has 92 valence electrons. The molecular weight excluding hydrogens is 248 g/mol. The Kier molecular flexibility index (Phi) is 2.81. The molecule has 0 aliphatic carbocycles. The average Bonchev–Trinajstić information content (AvgIpc) is 2.96. The van der Waals surface area contributed by atoms with E-state index in [1.807, 2.05) is 24.6 Å². The van der Waals surface area contributed by atoms with Gasteiger partial charge in [-0.1, -0.05) is 5.21 Å². The largest absolute Gasteiger partial charge is 0.388 e. The van der Waals surface area contributed by atoms with Gasteiger partial charge in [0.25, 0.3) is 0 Å². The Balaban J connectivity index is 1.84. The monoisotopic (exact) mass is 260 g/mol. The van der Waals surface area contributed by atoms with Gasteiger partial charge in [0.15, 0.2) is 0 Å². The van der Waals surface area contributed by atoms with E-state index in [0.29, 0.717) is 6.42 Å². The second-order valence-corrected chi connectivity index (χ2v) is 5.12. The summed E-state index contributed by atoms with van der Waals surface area (Å²) in [6.45, 7) is 0. The first-order valence-electron chi connectivity index (χ1n) is 5.59. The summed E-state index contributed by atoms with van der Waals surface area (Å²) in [6.07, 6.45) is 3.38. The Morgan fingerprint density at radius 3 is 3.17 bits per heavy atom. The minimum atomic E-state index is -0.597. The molecule has 3 aromatic rings. The van der Waals surface area contributed by atoms with Crippen LogP contribution in [0.15, 0.2) is 29.9 Å². The van der Waals surface area contributed by atoms with E-state index < -0.39 is 6.10 Å². The molecule has 3 heterocycles. The van der Waals surface area contributed by atoms with Crippen molar-refractivity contribution < 1.29 is 5.11 Å². The van der Waals surface area contributed by atoms with Crippen LogP contribution in [0.2, 0.25) is 0 Å². The van der Waals surface area contributed by atoms with Crippen molar-refractivity contribution in [3.63, 3.8) is 0 Å². The van der Waals surface area contributed by atoms with Crippen LogP contribution < -0.4 is 0 Å². The Labute approximate surface area is 108 Å².